The monoisotopic (exact) mass is 316 g/mol. The average molecular weight is 316 g/mol. The highest BCUT2D eigenvalue weighted by molar-refractivity contribution is 6.01. The quantitative estimate of drug-likeness (QED) is 0.787. The summed E-state index contributed by atoms with van der Waals surface area (Å²) in [6.07, 6.45) is 1.59. The topological polar surface area (TPSA) is 88.0 Å². The molecule has 2 aromatic rings. The molecule has 0 bridgehead atoms. The molecule has 2 rings (SSSR count). The van der Waals surface area contributed by atoms with E-state index in [-0.39, 0.29) is 18.5 Å². The van der Waals surface area contributed by atoms with Crippen LogP contribution in [0.4, 0.5) is 10.5 Å². The molecule has 0 aliphatic carbocycles. The van der Waals surface area contributed by atoms with E-state index in [1.807, 2.05) is 45.0 Å². The smallest absolute Gasteiger partial charge is 0.326 e. The molecule has 0 aliphatic heterocycles. The van der Waals surface area contributed by atoms with Crippen LogP contribution in [-0.2, 0) is 4.79 Å². The zero-order valence-corrected chi connectivity index (χ0v) is 13.6. The van der Waals surface area contributed by atoms with E-state index in [2.05, 4.69) is 10.6 Å². The number of amides is 3. The Balaban J connectivity index is 1.79. The van der Waals surface area contributed by atoms with Gasteiger partial charge >= 0.3 is 6.03 Å². The number of hydrogen-bond acceptors (Lipinski definition) is 3. The molecule has 4 N–H and O–H groups in total. The van der Waals surface area contributed by atoms with Gasteiger partial charge in [-0.1, -0.05) is 17.7 Å². The molecule has 0 saturated carbocycles. The van der Waals surface area contributed by atoms with Crippen LogP contribution >= 0.6 is 0 Å². The molecule has 0 aliphatic rings. The van der Waals surface area contributed by atoms with Gasteiger partial charge in [0.2, 0.25) is 0 Å². The zero-order chi connectivity index (χ0) is 16.8. The van der Waals surface area contributed by atoms with Gasteiger partial charge in [-0.05, 0) is 44.5 Å². The molecule has 1 atom stereocenters. The Morgan fingerprint density at radius 3 is 2.70 bits per heavy atom. The van der Waals surface area contributed by atoms with Gasteiger partial charge in [0.25, 0.3) is 5.91 Å². The van der Waals surface area contributed by atoms with E-state index in [1.54, 1.807) is 17.6 Å². The van der Waals surface area contributed by atoms with Gasteiger partial charge in [0.05, 0.1) is 6.26 Å². The number of anilines is 1. The maximum absolute atomic E-state index is 11.9. The molecule has 0 unspecified atom stereocenters. The molecule has 1 aromatic heterocycles. The lowest BCUT2D eigenvalue weighted by molar-refractivity contribution is -0.684. The number of urea groups is 1. The first-order valence-electron chi connectivity index (χ1n) is 7.50. The second-order valence-corrected chi connectivity index (χ2v) is 5.56. The largest absolute Gasteiger partial charge is 0.463 e. The standard InChI is InChI=1S/C17H21N3O3/c1-11-6-7-14(12(2)9-11)19-17(22)20-16(21)10-18-13(3)15-5-4-8-23-15/h4-9,13,18H,10H2,1-3H3,(H2,19,20,21,22)/p+1/t13-/m0/s1. The first-order valence-corrected chi connectivity index (χ1v) is 7.50. The normalized spacial score (nSPS) is 11.8. The molecular weight excluding hydrogens is 294 g/mol. The Hall–Kier alpha value is -2.60. The molecule has 1 heterocycles. The Bertz CT molecular complexity index is 680. The van der Waals surface area contributed by atoms with Crippen LogP contribution in [0.3, 0.4) is 0 Å². The van der Waals surface area contributed by atoms with E-state index < -0.39 is 6.03 Å². The Morgan fingerprint density at radius 2 is 2.04 bits per heavy atom. The van der Waals surface area contributed by atoms with Crippen molar-refractivity contribution >= 4 is 17.6 Å². The third kappa shape index (κ3) is 4.96. The van der Waals surface area contributed by atoms with Crippen LogP contribution in [0.1, 0.15) is 29.9 Å². The first kappa shape index (κ1) is 16.8. The molecule has 6 nitrogen and oxygen atoms in total. The summed E-state index contributed by atoms with van der Waals surface area (Å²) in [6, 6.07) is 8.83. The van der Waals surface area contributed by atoms with E-state index >= 15 is 0 Å². The number of hydrogen-bond donors (Lipinski definition) is 3. The summed E-state index contributed by atoms with van der Waals surface area (Å²) in [6.45, 7) is 5.96. The molecule has 0 spiro atoms. The van der Waals surface area contributed by atoms with Crippen LogP contribution in [-0.4, -0.2) is 18.5 Å². The van der Waals surface area contributed by atoms with Crippen molar-refractivity contribution in [1.29, 1.82) is 0 Å². The lowest BCUT2D eigenvalue weighted by atomic mass is 10.1. The highest BCUT2D eigenvalue weighted by atomic mass is 16.3. The minimum Gasteiger partial charge on any atom is -0.463 e. The lowest BCUT2D eigenvalue weighted by Crippen LogP contribution is -2.87. The second kappa shape index (κ2) is 7.60. The minimum atomic E-state index is -0.527. The highest BCUT2D eigenvalue weighted by Gasteiger charge is 2.15. The van der Waals surface area contributed by atoms with Crippen molar-refractivity contribution in [2.75, 3.05) is 11.9 Å². The number of aryl methyl sites for hydroxylation is 2. The van der Waals surface area contributed by atoms with Crippen LogP contribution in [0.25, 0.3) is 0 Å². The number of rotatable bonds is 5. The van der Waals surface area contributed by atoms with Crippen LogP contribution < -0.4 is 16.0 Å². The van der Waals surface area contributed by atoms with Crippen LogP contribution in [0.5, 0.6) is 0 Å². The summed E-state index contributed by atoms with van der Waals surface area (Å²) in [5.41, 5.74) is 2.76. The van der Waals surface area contributed by atoms with E-state index in [1.165, 1.54) is 0 Å². The number of nitrogens with one attached hydrogen (secondary N) is 2. The van der Waals surface area contributed by atoms with Crippen molar-refractivity contribution in [3.8, 4) is 0 Å². The van der Waals surface area contributed by atoms with Crippen LogP contribution in [0.2, 0.25) is 0 Å². The summed E-state index contributed by atoms with van der Waals surface area (Å²) < 4.78 is 5.27. The van der Waals surface area contributed by atoms with Crippen molar-refractivity contribution in [2.24, 2.45) is 0 Å². The predicted octanol–water partition coefficient (Wildman–Crippen LogP) is 1.87. The molecule has 122 valence electrons. The summed E-state index contributed by atoms with van der Waals surface area (Å²) >= 11 is 0. The van der Waals surface area contributed by atoms with E-state index in [4.69, 9.17) is 4.42 Å². The van der Waals surface area contributed by atoms with Gasteiger partial charge in [0.15, 0.2) is 12.3 Å². The van der Waals surface area contributed by atoms with Crippen molar-refractivity contribution in [3.63, 3.8) is 0 Å². The van der Waals surface area contributed by atoms with Gasteiger partial charge in [-0.3, -0.25) is 10.1 Å². The van der Waals surface area contributed by atoms with Crippen LogP contribution in [0.15, 0.2) is 41.0 Å². The van der Waals surface area contributed by atoms with Gasteiger partial charge < -0.3 is 15.1 Å². The number of nitrogens with two attached hydrogens (primary N) is 1. The Kier molecular flexibility index (Phi) is 5.54. The van der Waals surface area contributed by atoms with E-state index in [9.17, 15) is 9.59 Å². The average Bonchev–Trinajstić information content (AvgIpc) is 3.02. The van der Waals surface area contributed by atoms with E-state index in [0.717, 1.165) is 16.9 Å². The molecule has 6 heteroatoms. The molecule has 3 amide bonds. The molecule has 23 heavy (non-hydrogen) atoms. The van der Waals surface area contributed by atoms with Crippen molar-refractivity contribution in [1.82, 2.24) is 5.32 Å². The molecule has 0 fully saturated rings. The number of furan rings is 1. The van der Waals surface area contributed by atoms with Gasteiger partial charge in [-0.25, -0.2) is 4.79 Å². The highest BCUT2D eigenvalue weighted by Crippen LogP contribution is 2.15. The Labute approximate surface area is 135 Å². The molecule has 0 saturated heterocycles. The fourth-order valence-electron chi connectivity index (χ4n) is 2.24. The van der Waals surface area contributed by atoms with Crippen molar-refractivity contribution in [3.05, 3.63) is 53.5 Å². The van der Waals surface area contributed by atoms with E-state index in [0.29, 0.717) is 5.69 Å². The number of carbonyl (C=O) groups is 2. The number of benzene rings is 1. The number of quaternary nitrogens is 1. The Morgan fingerprint density at radius 1 is 1.26 bits per heavy atom. The van der Waals surface area contributed by atoms with Gasteiger partial charge in [0.1, 0.15) is 6.04 Å². The van der Waals surface area contributed by atoms with Gasteiger partial charge in [-0.2, -0.15) is 0 Å². The summed E-state index contributed by atoms with van der Waals surface area (Å²) in [7, 11) is 0. The predicted molar refractivity (Wildman–Crippen MR) is 87.0 cm³/mol. The maximum Gasteiger partial charge on any atom is 0.326 e. The van der Waals surface area contributed by atoms with Crippen molar-refractivity contribution in [2.45, 2.75) is 26.8 Å². The van der Waals surface area contributed by atoms with Crippen molar-refractivity contribution < 1.29 is 19.3 Å². The second-order valence-electron chi connectivity index (χ2n) is 5.56. The summed E-state index contributed by atoms with van der Waals surface area (Å²) in [5.74, 6) is 0.434. The lowest BCUT2D eigenvalue weighted by Gasteiger charge is -2.10. The SMILES string of the molecule is Cc1ccc(NC(=O)NC(=O)C[NH2+][C@@H](C)c2ccco2)c(C)c1. The third-order valence-electron chi connectivity index (χ3n) is 3.53. The molecular formula is C17H22N3O3+. The van der Waals surface area contributed by atoms with Crippen LogP contribution in [0, 0.1) is 13.8 Å². The third-order valence-corrected chi connectivity index (χ3v) is 3.53. The molecule has 1 aromatic carbocycles. The fourth-order valence-corrected chi connectivity index (χ4v) is 2.24. The number of carbonyl (C=O) groups excluding carboxylic acids is 2. The van der Waals surface area contributed by atoms with Gasteiger partial charge in [-0.15, -0.1) is 0 Å². The number of imide groups is 1. The summed E-state index contributed by atoms with van der Waals surface area (Å²) in [4.78, 5) is 23.7. The maximum atomic E-state index is 11.9. The fraction of sp³-hybridized carbons (Fsp3) is 0.294. The first-order chi connectivity index (χ1) is 11.0. The summed E-state index contributed by atoms with van der Waals surface area (Å²) in [5, 5.41) is 6.80. The van der Waals surface area contributed by atoms with Gasteiger partial charge in [0, 0.05) is 5.69 Å². The minimum absolute atomic E-state index is 0.0122. The zero-order valence-electron chi connectivity index (χ0n) is 13.6. The molecule has 0 radical (unpaired) electrons.